The summed E-state index contributed by atoms with van der Waals surface area (Å²) in [7, 11) is 3.54. The molecule has 1 aliphatic heterocycles. The number of piperidine rings is 1. The summed E-state index contributed by atoms with van der Waals surface area (Å²) in [5.41, 5.74) is 5.09. The van der Waals surface area contributed by atoms with Crippen LogP contribution in [0.4, 0.5) is 8.78 Å². The van der Waals surface area contributed by atoms with E-state index in [1.54, 1.807) is 24.1 Å². The number of hydrogen-bond acceptors (Lipinski definition) is 5. The summed E-state index contributed by atoms with van der Waals surface area (Å²) >= 11 is 0. The Morgan fingerprint density at radius 3 is 2.62 bits per heavy atom. The van der Waals surface area contributed by atoms with E-state index >= 15 is 0 Å². The Morgan fingerprint density at radius 2 is 1.93 bits per heavy atom. The highest BCUT2D eigenvalue weighted by Gasteiger charge is 2.33. The summed E-state index contributed by atoms with van der Waals surface area (Å²) in [6.07, 6.45) is 5.00. The van der Waals surface area contributed by atoms with Crippen molar-refractivity contribution in [3.05, 3.63) is 89.4 Å². The van der Waals surface area contributed by atoms with Gasteiger partial charge in [-0.1, -0.05) is 24.3 Å². The van der Waals surface area contributed by atoms with E-state index in [9.17, 15) is 13.6 Å². The van der Waals surface area contributed by atoms with Crippen LogP contribution in [0.25, 0.3) is 16.9 Å². The summed E-state index contributed by atoms with van der Waals surface area (Å²) in [5, 5.41) is 9.20. The quantitative estimate of drug-likeness (QED) is 0.276. The van der Waals surface area contributed by atoms with Crippen LogP contribution in [-0.4, -0.2) is 63.6 Å². The number of Topliss-reactive ketones (excluding diaryl/α,β-unsaturated/α-hetero) is 1. The molecule has 0 saturated carbocycles. The standard InChI is InChI=1S/C31H35F2N5O2/c1-21-30(38(25-7-5-4-6-8-25)35-31(21)24-18-34-36(2)19-24)17-26(39)15-23-20-37(13-14-40-3)12-11-27(23)22-9-10-28(32)29(33)16-22/h4-10,16,18-19,23,27H,11-15,17,20H2,1-3H3. The van der Waals surface area contributed by atoms with E-state index in [1.165, 1.54) is 12.1 Å². The third-order valence-corrected chi connectivity index (χ3v) is 7.88. The van der Waals surface area contributed by atoms with Gasteiger partial charge >= 0.3 is 0 Å². The highest BCUT2D eigenvalue weighted by molar-refractivity contribution is 5.82. The summed E-state index contributed by atoms with van der Waals surface area (Å²) in [6.45, 7) is 4.86. The van der Waals surface area contributed by atoms with Crippen molar-refractivity contribution in [3.8, 4) is 16.9 Å². The molecule has 0 spiro atoms. The molecule has 9 heteroatoms. The lowest BCUT2D eigenvalue weighted by Gasteiger charge is -2.38. The van der Waals surface area contributed by atoms with E-state index in [4.69, 9.17) is 9.84 Å². The Kier molecular flexibility index (Phi) is 8.52. The highest BCUT2D eigenvalue weighted by atomic mass is 19.2. The fourth-order valence-corrected chi connectivity index (χ4v) is 5.81. The molecule has 3 heterocycles. The van der Waals surface area contributed by atoms with Crippen molar-refractivity contribution in [1.29, 1.82) is 0 Å². The maximum absolute atomic E-state index is 14.2. The lowest BCUT2D eigenvalue weighted by atomic mass is 9.77. The molecule has 2 aromatic heterocycles. The third kappa shape index (κ3) is 6.05. The second-order valence-corrected chi connectivity index (χ2v) is 10.6. The molecule has 40 heavy (non-hydrogen) atoms. The lowest BCUT2D eigenvalue weighted by molar-refractivity contribution is -0.120. The van der Waals surface area contributed by atoms with Gasteiger partial charge in [-0.25, -0.2) is 13.5 Å². The molecule has 2 aromatic carbocycles. The van der Waals surface area contributed by atoms with Crippen LogP contribution in [-0.2, 0) is 23.0 Å². The number of halogens is 2. The van der Waals surface area contributed by atoms with Crippen LogP contribution in [0.2, 0.25) is 0 Å². The van der Waals surface area contributed by atoms with E-state index in [-0.39, 0.29) is 24.0 Å². The molecule has 0 amide bonds. The van der Waals surface area contributed by atoms with Gasteiger partial charge in [0.2, 0.25) is 0 Å². The number of para-hydroxylation sites is 1. The Bertz CT molecular complexity index is 1470. The van der Waals surface area contributed by atoms with Crippen molar-refractivity contribution in [2.24, 2.45) is 13.0 Å². The number of nitrogens with zero attached hydrogens (tertiary/aromatic N) is 5. The molecule has 7 nitrogen and oxygen atoms in total. The van der Waals surface area contributed by atoms with Crippen molar-refractivity contribution >= 4 is 5.78 Å². The minimum atomic E-state index is -0.858. The van der Waals surface area contributed by atoms with E-state index in [1.807, 2.05) is 55.2 Å². The monoisotopic (exact) mass is 547 g/mol. The molecule has 2 unspecified atom stereocenters. The number of ketones is 1. The molecule has 5 rings (SSSR count). The van der Waals surface area contributed by atoms with Crippen LogP contribution in [0.5, 0.6) is 0 Å². The van der Waals surface area contributed by atoms with E-state index in [0.717, 1.165) is 53.3 Å². The summed E-state index contributed by atoms with van der Waals surface area (Å²) in [5.74, 6) is -1.69. The topological polar surface area (TPSA) is 65.2 Å². The maximum Gasteiger partial charge on any atom is 0.159 e. The van der Waals surface area contributed by atoms with Crippen molar-refractivity contribution in [2.75, 3.05) is 33.4 Å². The number of carbonyl (C=O) groups excluding carboxylic acids is 1. The summed E-state index contributed by atoms with van der Waals surface area (Å²) in [6, 6.07) is 13.9. The Balaban J connectivity index is 1.43. The zero-order chi connectivity index (χ0) is 28.2. The van der Waals surface area contributed by atoms with Crippen LogP contribution in [0.15, 0.2) is 60.9 Å². The van der Waals surface area contributed by atoms with Gasteiger partial charge in [0.1, 0.15) is 5.78 Å². The van der Waals surface area contributed by atoms with Gasteiger partial charge in [-0.15, -0.1) is 0 Å². The highest BCUT2D eigenvalue weighted by Crippen LogP contribution is 2.36. The zero-order valence-electron chi connectivity index (χ0n) is 23.2. The molecule has 1 aliphatic rings. The fraction of sp³-hybridized carbons (Fsp3) is 0.387. The lowest BCUT2D eigenvalue weighted by Crippen LogP contribution is -2.42. The molecule has 2 atom stereocenters. The average Bonchev–Trinajstić information content (AvgIpc) is 3.52. The molecule has 4 aromatic rings. The largest absolute Gasteiger partial charge is 0.383 e. The number of benzene rings is 2. The van der Waals surface area contributed by atoms with Gasteiger partial charge in [0.15, 0.2) is 11.6 Å². The minimum Gasteiger partial charge on any atom is -0.383 e. The molecule has 0 N–H and O–H groups in total. The van der Waals surface area contributed by atoms with E-state index in [2.05, 4.69) is 10.00 Å². The molecule has 0 radical (unpaired) electrons. The normalized spacial score (nSPS) is 17.8. The first-order chi connectivity index (χ1) is 19.3. The van der Waals surface area contributed by atoms with Crippen molar-refractivity contribution in [2.45, 2.75) is 32.1 Å². The first-order valence-electron chi connectivity index (χ1n) is 13.6. The summed E-state index contributed by atoms with van der Waals surface area (Å²) in [4.78, 5) is 16.0. The van der Waals surface area contributed by atoms with Gasteiger partial charge in [-0.3, -0.25) is 9.48 Å². The molecular weight excluding hydrogens is 512 g/mol. The number of likely N-dealkylation sites (tertiary alicyclic amines) is 1. The van der Waals surface area contributed by atoms with Crippen LogP contribution >= 0.6 is 0 Å². The van der Waals surface area contributed by atoms with E-state index in [0.29, 0.717) is 19.6 Å². The fourth-order valence-electron chi connectivity index (χ4n) is 5.81. The number of ether oxygens (including phenoxy) is 1. The first-order valence-corrected chi connectivity index (χ1v) is 13.6. The Labute approximate surface area is 233 Å². The third-order valence-electron chi connectivity index (χ3n) is 7.88. The smallest absolute Gasteiger partial charge is 0.159 e. The molecular formula is C31H35F2N5O2. The minimum absolute atomic E-state index is 0.0332. The molecule has 1 fully saturated rings. The molecule has 0 aliphatic carbocycles. The number of hydrogen-bond donors (Lipinski definition) is 0. The predicted molar refractivity (Wildman–Crippen MR) is 149 cm³/mol. The van der Waals surface area contributed by atoms with Gasteiger partial charge in [0, 0.05) is 51.8 Å². The van der Waals surface area contributed by atoms with Crippen LogP contribution in [0, 0.1) is 24.5 Å². The van der Waals surface area contributed by atoms with Gasteiger partial charge in [-0.2, -0.15) is 10.2 Å². The van der Waals surface area contributed by atoms with Gasteiger partial charge < -0.3 is 9.64 Å². The Morgan fingerprint density at radius 1 is 1.12 bits per heavy atom. The molecule has 1 saturated heterocycles. The number of carbonyl (C=O) groups is 1. The Hall–Kier alpha value is -3.69. The van der Waals surface area contributed by atoms with Gasteiger partial charge in [-0.05, 0) is 67.1 Å². The number of aromatic nitrogens is 4. The number of methoxy groups -OCH3 is 1. The van der Waals surface area contributed by atoms with Crippen LogP contribution in [0.1, 0.15) is 35.6 Å². The number of rotatable bonds is 10. The van der Waals surface area contributed by atoms with Crippen LogP contribution < -0.4 is 0 Å². The van der Waals surface area contributed by atoms with Crippen molar-refractivity contribution in [1.82, 2.24) is 24.5 Å². The SMILES string of the molecule is COCCN1CCC(c2ccc(F)c(F)c2)C(CC(=O)Cc2c(C)c(-c3cnn(C)c3)nn2-c2ccccc2)C1. The zero-order valence-corrected chi connectivity index (χ0v) is 23.2. The predicted octanol–water partition coefficient (Wildman–Crippen LogP) is 5.11. The van der Waals surface area contributed by atoms with Crippen molar-refractivity contribution in [3.63, 3.8) is 0 Å². The van der Waals surface area contributed by atoms with Gasteiger partial charge in [0.25, 0.3) is 0 Å². The second-order valence-electron chi connectivity index (χ2n) is 10.6. The maximum atomic E-state index is 14.2. The van der Waals surface area contributed by atoms with Crippen molar-refractivity contribution < 1.29 is 18.3 Å². The second kappa shape index (κ2) is 12.2. The average molecular weight is 548 g/mol. The molecule has 210 valence electrons. The summed E-state index contributed by atoms with van der Waals surface area (Å²) < 4.78 is 36.7. The van der Waals surface area contributed by atoms with Crippen LogP contribution in [0.3, 0.4) is 0 Å². The van der Waals surface area contributed by atoms with Gasteiger partial charge in [0.05, 0.1) is 29.9 Å². The number of aryl methyl sites for hydroxylation is 1. The molecule has 0 bridgehead atoms. The first kappa shape index (κ1) is 27.9. The van der Waals surface area contributed by atoms with E-state index < -0.39 is 11.6 Å².